The third-order valence-corrected chi connectivity index (χ3v) is 6.18. The summed E-state index contributed by atoms with van der Waals surface area (Å²) in [6.07, 6.45) is 1.01. The molecule has 1 saturated heterocycles. The first-order valence-corrected chi connectivity index (χ1v) is 12.3. The average Bonchev–Trinajstić information content (AvgIpc) is 3.31. The van der Waals surface area contributed by atoms with Gasteiger partial charge in [-0.15, -0.1) is 0 Å². The number of rotatable bonds is 13. The summed E-state index contributed by atoms with van der Waals surface area (Å²) in [7, 11) is 0. The van der Waals surface area contributed by atoms with E-state index in [1.807, 2.05) is 13.8 Å². The molecule has 4 unspecified atom stereocenters. The van der Waals surface area contributed by atoms with Crippen molar-refractivity contribution in [1.29, 1.82) is 0 Å². The summed E-state index contributed by atoms with van der Waals surface area (Å²) in [6, 6.07) is 2.21. The highest BCUT2D eigenvalue weighted by molar-refractivity contribution is 5.94. The fourth-order valence-electron chi connectivity index (χ4n) is 4.27. The Balaban J connectivity index is 2.09. The van der Waals surface area contributed by atoms with Gasteiger partial charge in [-0.1, -0.05) is 26.0 Å². The number of carbonyl (C=O) groups excluding carboxylic acids is 4. The standard InChI is InChI=1S/C25H37N5O7/c1-14(2)12-19(29-22(33)17(26)13-15-5-7-16(31)8-6-15)24(35)30-11-3-4-20(30)23(34)28-18(25(36)37)9-10-21(27)32/h5-8,14,17-20,31H,3-4,9-13,26H2,1-2H3,(H2,27,32)(H,28,34)(H,29,33)(H,36,37). The number of aliphatic carboxylic acids is 1. The highest BCUT2D eigenvalue weighted by Gasteiger charge is 2.39. The van der Waals surface area contributed by atoms with E-state index >= 15 is 0 Å². The van der Waals surface area contributed by atoms with E-state index in [2.05, 4.69) is 10.6 Å². The van der Waals surface area contributed by atoms with Crippen LogP contribution in [0.3, 0.4) is 0 Å². The summed E-state index contributed by atoms with van der Waals surface area (Å²) in [5.41, 5.74) is 11.9. The molecule has 37 heavy (non-hydrogen) atoms. The first kappa shape index (κ1) is 29.6. The number of benzene rings is 1. The van der Waals surface area contributed by atoms with E-state index in [0.717, 1.165) is 5.56 Å². The molecule has 0 aromatic heterocycles. The maximum atomic E-state index is 13.5. The Morgan fingerprint density at radius 2 is 1.73 bits per heavy atom. The predicted octanol–water partition coefficient (Wildman–Crippen LogP) is -0.381. The molecule has 0 aliphatic carbocycles. The number of likely N-dealkylation sites (tertiary alicyclic amines) is 1. The van der Waals surface area contributed by atoms with Gasteiger partial charge in [0.25, 0.3) is 0 Å². The van der Waals surface area contributed by atoms with Crippen LogP contribution in [0.4, 0.5) is 0 Å². The van der Waals surface area contributed by atoms with E-state index in [1.165, 1.54) is 17.0 Å². The van der Waals surface area contributed by atoms with E-state index in [4.69, 9.17) is 11.5 Å². The lowest BCUT2D eigenvalue weighted by Crippen LogP contribution is -2.57. The lowest BCUT2D eigenvalue weighted by atomic mass is 10.0. The number of phenols is 1. The Labute approximate surface area is 215 Å². The Bertz CT molecular complexity index is 982. The van der Waals surface area contributed by atoms with Crippen LogP contribution in [0.5, 0.6) is 5.75 Å². The summed E-state index contributed by atoms with van der Waals surface area (Å²) in [6.45, 7) is 4.07. The molecule has 1 fully saturated rings. The summed E-state index contributed by atoms with van der Waals surface area (Å²) in [5, 5.41) is 23.9. The number of nitrogens with one attached hydrogen (secondary N) is 2. The average molecular weight is 520 g/mol. The predicted molar refractivity (Wildman–Crippen MR) is 134 cm³/mol. The second-order valence-corrected chi connectivity index (χ2v) is 9.76. The largest absolute Gasteiger partial charge is 0.508 e. The quantitative estimate of drug-likeness (QED) is 0.202. The Morgan fingerprint density at radius 3 is 2.30 bits per heavy atom. The van der Waals surface area contributed by atoms with Gasteiger partial charge in [0.2, 0.25) is 23.6 Å². The van der Waals surface area contributed by atoms with Crippen LogP contribution in [-0.4, -0.2) is 75.4 Å². The molecule has 1 aliphatic rings. The van der Waals surface area contributed by atoms with Crippen molar-refractivity contribution >= 4 is 29.6 Å². The van der Waals surface area contributed by atoms with Gasteiger partial charge in [0, 0.05) is 13.0 Å². The molecule has 1 heterocycles. The van der Waals surface area contributed by atoms with Crippen LogP contribution in [0.25, 0.3) is 0 Å². The van der Waals surface area contributed by atoms with Gasteiger partial charge in [0.1, 0.15) is 23.9 Å². The number of primary amides is 1. The molecule has 1 aromatic rings. The first-order chi connectivity index (χ1) is 17.4. The molecule has 0 spiro atoms. The van der Waals surface area contributed by atoms with E-state index in [1.54, 1.807) is 12.1 Å². The van der Waals surface area contributed by atoms with E-state index in [0.29, 0.717) is 19.3 Å². The van der Waals surface area contributed by atoms with E-state index < -0.39 is 53.8 Å². The van der Waals surface area contributed by atoms with Crippen molar-refractivity contribution < 1.29 is 34.2 Å². The number of hydrogen-bond donors (Lipinski definition) is 6. The molecule has 1 aliphatic heterocycles. The van der Waals surface area contributed by atoms with Crippen LogP contribution < -0.4 is 22.1 Å². The molecule has 0 radical (unpaired) electrons. The minimum Gasteiger partial charge on any atom is -0.508 e. The number of phenolic OH excluding ortho intramolecular Hbond substituents is 1. The molecule has 2 rings (SSSR count). The fourth-order valence-corrected chi connectivity index (χ4v) is 4.27. The molecule has 0 bridgehead atoms. The Kier molecular flexibility index (Phi) is 10.9. The van der Waals surface area contributed by atoms with Crippen molar-refractivity contribution in [2.24, 2.45) is 17.4 Å². The van der Waals surface area contributed by atoms with Crippen molar-refractivity contribution in [3.63, 3.8) is 0 Å². The molecule has 12 heteroatoms. The van der Waals surface area contributed by atoms with Crippen LogP contribution >= 0.6 is 0 Å². The first-order valence-electron chi connectivity index (χ1n) is 12.3. The fraction of sp³-hybridized carbons (Fsp3) is 0.560. The number of hydrogen-bond acceptors (Lipinski definition) is 7. The summed E-state index contributed by atoms with van der Waals surface area (Å²) < 4.78 is 0. The third-order valence-electron chi connectivity index (χ3n) is 6.18. The van der Waals surface area contributed by atoms with Crippen molar-refractivity contribution in [3.05, 3.63) is 29.8 Å². The smallest absolute Gasteiger partial charge is 0.326 e. The molecule has 0 saturated carbocycles. The zero-order valence-electron chi connectivity index (χ0n) is 21.2. The molecule has 12 nitrogen and oxygen atoms in total. The van der Waals surface area contributed by atoms with Gasteiger partial charge < -0.3 is 37.2 Å². The zero-order chi connectivity index (χ0) is 27.7. The van der Waals surface area contributed by atoms with Crippen LogP contribution in [0.15, 0.2) is 24.3 Å². The summed E-state index contributed by atoms with van der Waals surface area (Å²) in [4.78, 5) is 63.1. The monoisotopic (exact) mass is 519 g/mol. The number of nitrogens with zero attached hydrogens (tertiary/aromatic N) is 1. The highest BCUT2D eigenvalue weighted by Crippen LogP contribution is 2.21. The summed E-state index contributed by atoms with van der Waals surface area (Å²) in [5.74, 6) is -3.46. The zero-order valence-corrected chi connectivity index (χ0v) is 21.2. The Hall–Kier alpha value is -3.67. The van der Waals surface area contributed by atoms with Gasteiger partial charge in [-0.05, 0) is 55.7 Å². The van der Waals surface area contributed by atoms with Gasteiger partial charge >= 0.3 is 5.97 Å². The van der Waals surface area contributed by atoms with Gasteiger partial charge in [-0.25, -0.2) is 4.79 Å². The number of aromatic hydroxyl groups is 1. The van der Waals surface area contributed by atoms with Gasteiger partial charge in [0.15, 0.2) is 0 Å². The normalized spacial score (nSPS) is 17.6. The minimum atomic E-state index is -1.32. The van der Waals surface area contributed by atoms with E-state index in [9.17, 15) is 34.2 Å². The Morgan fingerprint density at radius 1 is 1.08 bits per heavy atom. The van der Waals surface area contributed by atoms with Crippen LogP contribution in [0.1, 0.15) is 51.5 Å². The maximum absolute atomic E-state index is 13.5. The van der Waals surface area contributed by atoms with Crippen LogP contribution in [-0.2, 0) is 30.4 Å². The van der Waals surface area contributed by atoms with E-state index in [-0.39, 0.29) is 37.5 Å². The van der Waals surface area contributed by atoms with Crippen molar-refractivity contribution in [3.8, 4) is 5.75 Å². The second kappa shape index (κ2) is 13.6. The third kappa shape index (κ3) is 9.05. The van der Waals surface area contributed by atoms with Gasteiger partial charge in [0.05, 0.1) is 6.04 Å². The minimum absolute atomic E-state index is 0.0441. The number of carboxylic acids is 1. The molecule has 4 atom stereocenters. The van der Waals surface area contributed by atoms with Crippen LogP contribution in [0.2, 0.25) is 0 Å². The van der Waals surface area contributed by atoms with Crippen molar-refractivity contribution in [2.75, 3.05) is 6.54 Å². The number of amides is 4. The molecular weight excluding hydrogens is 482 g/mol. The molecule has 4 amide bonds. The summed E-state index contributed by atoms with van der Waals surface area (Å²) >= 11 is 0. The lowest BCUT2D eigenvalue weighted by Gasteiger charge is -2.30. The molecular formula is C25H37N5O7. The SMILES string of the molecule is CC(C)CC(NC(=O)C(N)Cc1ccc(O)cc1)C(=O)N1CCCC1C(=O)NC(CCC(N)=O)C(=O)O. The van der Waals surface area contributed by atoms with Gasteiger partial charge in [-0.2, -0.15) is 0 Å². The molecule has 8 N–H and O–H groups in total. The highest BCUT2D eigenvalue weighted by atomic mass is 16.4. The molecule has 204 valence electrons. The molecule has 1 aromatic carbocycles. The number of carbonyl (C=O) groups is 5. The van der Waals surface area contributed by atoms with Crippen molar-refractivity contribution in [1.82, 2.24) is 15.5 Å². The lowest BCUT2D eigenvalue weighted by molar-refractivity contribution is -0.145. The maximum Gasteiger partial charge on any atom is 0.326 e. The van der Waals surface area contributed by atoms with Crippen molar-refractivity contribution in [2.45, 2.75) is 76.5 Å². The number of carboxylic acid groups (broad SMARTS) is 1. The van der Waals surface area contributed by atoms with Gasteiger partial charge in [-0.3, -0.25) is 19.2 Å². The second-order valence-electron chi connectivity index (χ2n) is 9.76. The number of nitrogens with two attached hydrogens (primary N) is 2. The topological polar surface area (TPSA) is 205 Å². The van der Waals surface area contributed by atoms with Crippen LogP contribution in [0, 0.1) is 5.92 Å².